The minimum atomic E-state index is -0.0888. The Hall–Kier alpha value is -2.18. The maximum absolute atomic E-state index is 12.1. The van der Waals surface area contributed by atoms with Gasteiger partial charge in [-0.05, 0) is 26.0 Å². The van der Waals surface area contributed by atoms with Crippen molar-refractivity contribution in [2.75, 3.05) is 6.54 Å². The third-order valence-electron chi connectivity index (χ3n) is 3.69. The molecule has 5 nitrogen and oxygen atoms in total. The number of hydrogen-bond acceptors (Lipinski definition) is 5. The van der Waals surface area contributed by atoms with E-state index in [1.165, 1.54) is 0 Å². The van der Waals surface area contributed by atoms with E-state index in [0.29, 0.717) is 28.9 Å². The van der Waals surface area contributed by atoms with Crippen LogP contribution >= 0.6 is 22.9 Å². The topological polar surface area (TPSA) is 68.0 Å². The predicted octanol–water partition coefficient (Wildman–Crippen LogP) is 3.97. The molecular weight excluding hydrogens is 358 g/mol. The van der Waals surface area contributed by atoms with E-state index in [4.69, 9.17) is 16.0 Å². The molecule has 0 aliphatic rings. The maximum atomic E-state index is 12.1. The van der Waals surface area contributed by atoms with E-state index >= 15 is 0 Å². The van der Waals surface area contributed by atoms with E-state index in [1.54, 1.807) is 24.3 Å². The Bertz CT molecular complexity index is 888. The Kier molecular flexibility index (Phi) is 5.50. The molecule has 7 heteroatoms. The number of carbonyl (C=O) groups excluding carboxylic acids is 1. The highest BCUT2D eigenvalue weighted by molar-refractivity contribution is 7.09. The lowest BCUT2D eigenvalue weighted by atomic mass is 10.2. The first-order valence-electron chi connectivity index (χ1n) is 7.92. The number of aromatic nitrogens is 2. The van der Waals surface area contributed by atoms with Gasteiger partial charge in [-0.3, -0.25) is 4.79 Å². The summed E-state index contributed by atoms with van der Waals surface area (Å²) in [5, 5.41) is 6.51. The molecule has 25 heavy (non-hydrogen) atoms. The van der Waals surface area contributed by atoms with Gasteiger partial charge in [0.25, 0.3) is 0 Å². The molecule has 0 fully saturated rings. The molecule has 130 valence electrons. The lowest BCUT2D eigenvalue weighted by Crippen LogP contribution is -2.27. The van der Waals surface area contributed by atoms with Crippen LogP contribution < -0.4 is 5.32 Å². The highest BCUT2D eigenvalue weighted by Crippen LogP contribution is 2.28. The quantitative estimate of drug-likeness (QED) is 0.707. The first-order chi connectivity index (χ1) is 12.0. The second kappa shape index (κ2) is 7.80. The molecule has 0 radical (unpaired) electrons. The third kappa shape index (κ3) is 4.46. The molecule has 2 aromatic heterocycles. The van der Waals surface area contributed by atoms with Gasteiger partial charge in [0.2, 0.25) is 11.8 Å². The van der Waals surface area contributed by atoms with Gasteiger partial charge in [0.1, 0.15) is 5.76 Å². The number of rotatable bonds is 6. The van der Waals surface area contributed by atoms with Crippen LogP contribution in [0.2, 0.25) is 5.02 Å². The van der Waals surface area contributed by atoms with E-state index < -0.39 is 0 Å². The van der Waals surface area contributed by atoms with Crippen LogP contribution in [0, 0.1) is 13.8 Å². The Morgan fingerprint density at radius 1 is 1.28 bits per heavy atom. The van der Waals surface area contributed by atoms with E-state index in [-0.39, 0.29) is 12.3 Å². The number of carbonyl (C=O) groups is 1. The molecule has 0 saturated carbocycles. The van der Waals surface area contributed by atoms with Crippen LogP contribution in [-0.2, 0) is 17.6 Å². The SMILES string of the molecule is Cc1nc(CCNC(=O)Cc2nc(-c3ccccc3Cl)oc2C)cs1. The zero-order valence-corrected chi connectivity index (χ0v) is 15.6. The number of benzene rings is 1. The first-order valence-corrected chi connectivity index (χ1v) is 9.17. The third-order valence-corrected chi connectivity index (χ3v) is 4.85. The van der Waals surface area contributed by atoms with Crippen molar-refractivity contribution in [2.24, 2.45) is 0 Å². The average Bonchev–Trinajstić information content (AvgIpc) is 3.14. The standard InChI is InChI=1S/C18H18ClN3O2S/c1-11-16(22-18(24-11)14-5-3-4-6-15(14)19)9-17(23)20-8-7-13-10-25-12(2)21-13/h3-6,10H,7-9H2,1-2H3,(H,20,23). The molecule has 1 N–H and O–H groups in total. The summed E-state index contributed by atoms with van der Waals surface area (Å²) < 4.78 is 5.67. The minimum Gasteiger partial charge on any atom is -0.441 e. The van der Waals surface area contributed by atoms with Crippen LogP contribution in [-0.4, -0.2) is 22.4 Å². The Labute approximate surface area is 155 Å². The largest absolute Gasteiger partial charge is 0.441 e. The van der Waals surface area contributed by atoms with Crippen molar-refractivity contribution in [1.82, 2.24) is 15.3 Å². The molecular formula is C18H18ClN3O2S. The lowest BCUT2D eigenvalue weighted by molar-refractivity contribution is -0.120. The van der Waals surface area contributed by atoms with Crippen molar-refractivity contribution in [3.8, 4) is 11.5 Å². The Balaban J connectivity index is 1.59. The van der Waals surface area contributed by atoms with Gasteiger partial charge in [0.05, 0.1) is 33.4 Å². The molecule has 0 atom stereocenters. The summed E-state index contributed by atoms with van der Waals surface area (Å²) >= 11 is 7.78. The fourth-order valence-corrected chi connectivity index (χ4v) is 3.27. The molecule has 0 aliphatic carbocycles. The maximum Gasteiger partial charge on any atom is 0.228 e. The van der Waals surface area contributed by atoms with Crippen molar-refractivity contribution in [3.63, 3.8) is 0 Å². The molecule has 1 amide bonds. The van der Waals surface area contributed by atoms with E-state index in [2.05, 4.69) is 15.3 Å². The number of thiazole rings is 1. The molecule has 2 heterocycles. The summed E-state index contributed by atoms with van der Waals surface area (Å²) in [6.07, 6.45) is 0.897. The number of oxazole rings is 1. The van der Waals surface area contributed by atoms with Crippen molar-refractivity contribution < 1.29 is 9.21 Å². The predicted molar refractivity (Wildman–Crippen MR) is 99.0 cm³/mol. The number of nitrogens with one attached hydrogen (secondary N) is 1. The van der Waals surface area contributed by atoms with Gasteiger partial charge >= 0.3 is 0 Å². The number of nitrogens with zero attached hydrogens (tertiary/aromatic N) is 2. The van der Waals surface area contributed by atoms with Crippen LogP contribution in [0.4, 0.5) is 0 Å². The molecule has 0 bridgehead atoms. The number of halogens is 1. The summed E-state index contributed by atoms with van der Waals surface area (Å²) in [4.78, 5) is 20.9. The van der Waals surface area contributed by atoms with Crippen LogP contribution in [0.15, 0.2) is 34.1 Å². The molecule has 3 aromatic rings. The van der Waals surface area contributed by atoms with E-state index in [0.717, 1.165) is 22.7 Å². The van der Waals surface area contributed by atoms with Crippen LogP contribution in [0.25, 0.3) is 11.5 Å². The zero-order chi connectivity index (χ0) is 17.8. The minimum absolute atomic E-state index is 0.0888. The monoisotopic (exact) mass is 375 g/mol. The average molecular weight is 376 g/mol. The fraction of sp³-hybridized carbons (Fsp3) is 0.278. The lowest BCUT2D eigenvalue weighted by Gasteiger charge is -2.02. The van der Waals surface area contributed by atoms with E-state index in [9.17, 15) is 4.79 Å². The smallest absolute Gasteiger partial charge is 0.228 e. The summed E-state index contributed by atoms with van der Waals surface area (Å²) in [7, 11) is 0. The van der Waals surface area contributed by atoms with Gasteiger partial charge in [0.15, 0.2) is 0 Å². The molecule has 3 rings (SSSR count). The van der Waals surface area contributed by atoms with Crippen LogP contribution in [0.3, 0.4) is 0 Å². The number of amides is 1. The molecule has 0 saturated heterocycles. The fourth-order valence-electron chi connectivity index (χ4n) is 2.41. The summed E-state index contributed by atoms with van der Waals surface area (Å²) in [5.41, 5.74) is 2.34. The summed E-state index contributed by atoms with van der Waals surface area (Å²) in [6.45, 7) is 4.32. The van der Waals surface area contributed by atoms with Crippen LogP contribution in [0.5, 0.6) is 0 Å². The van der Waals surface area contributed by atoms with Crippen LogP contribution in [0.1, 0.15) is 22.2 Å². The molecule has 0 unspecified atom stereocenters. The van der Waals surface area contributed by atoms with Crippen molar-refractivity contribution in [1.29, 1.82) is 0 Å². The second-order valence-corrected chi connectivity index (χ2v) is 7.11. The normalized spacial score (nSPS) is 10.8. The first kappa shape index (κ1) is 17.6. The number of aryl methyl sites for hydroxylation is 2. The van der Waals surface area contributed by atoms with Crippen molar-refractivity contribution in [2.45, 2.75) is 26.7 Å². The Morgan fingerprint density at radius 3 is 2.80 bits per heavy atom. The van der Waals surface area contributed by atoms with E-state index in [1.807, 2.05) is 30.5 Å². The highest BCUT2D eigenvalue weighted by atomic mass is 35.5. The summed E-state index contributed by atoms with van der Waals surface area (Å²) in [5.74, 6) is 0.970. The van der Waals surface area contributed by atoms with Gasteiger partial charge < -0.3 is 9.73 Å². The Morgan fingerprint density at radius 2 is 2.08 bits per heavy atom. The van der Waals surface area contributed by atoms with Gasteiger partial charge in [-0.15, -0.1) is 11.3 Å². The van der Waals surface area contributed by atoms with Gasteiger partial charge in [0, 0.05) is 18.3 Å². The highest BCUT2D eigenvalue weighted by Gasteiger charge is 2.16. The van der Waals surface area contributed by atoms with Crippen molar-refractivity contribution in [3.05, 3.63) is 56.8 Å². The molecule has 1 aromatic carbocycles. The molecule has 0 aliphatic heterocycles. The summed E-state index contributed by atoms with van der Waals surface area (Å²) in [6, 6.07) is 7.34. The van der Waals surface area contributed by atoms with Gasteiger partial charge in [-0.25, -0.2) is 9.97 Å². The van der Waals surface area contributed by atoms with Gasteiger partial charge in [-0.1, -0.05) is 23.7 Å². The number of hydrogen-bond donors (Lipinski definition) is 1. The molecule has 0 spiro atoms. The van der Waals surface area contributed by atoms with Crippen molar-refractivity contribution >= 4 is 28.8 Å². The zero-order valence-electron chi connectivity index (χ0n) is 14.0. The van der Waals surface area contributed by atoms with Gasteiger partial charge in [-0.2, -0.15) is 0 Å². The second-order valence-electron chi connectivity index (χ2n) is 5.64.